The summed E-state index contributed by atoms with van der Waals surface area (Å²) in [6, 6.07) is 3.55. The van der Waals surface area contributed by atoms with Gasteiger partial charge in [-0.15, -0.1) is 0 Å². The Morgan fingerprint density at radius 2 is 1.95 bits per heavy atom. The number of hydrogen-bond acceptors (Lipinski definition) is 4. The normalized spacial score (nSPS) is 12.5. The molecule has 120 valence electrons. The molecule has 0 amide bonds. The fourth-order valence-electron chi connectivity index (χ4n) is 1.79. The second-order valence-electron chi connectivity index (χ2n) is 4.39. The zero-order chi connectivity index (χ0) is 16.7. The molecular weight excluding hydrogens is 345 g/mol. The highest BCUT2D eigenvalue weighted by atomic mass is 35.5. The van der Waals surface area contributed by atoms with E-state index in [1.807, 2.05) is 0 Å². The van der Waals surface area contributed by atoms with Crippen molar-refractivity contribution in [1.82, 2.24) is 9.78 Å². The SMILES string of the molecule is Cc1nn(C)c(Cl)c1S(=O)(=O)Oc1cccc(C(F)(F)F)c1. The molecule has 0 radical (unpaired) electrons. The molecule has 10 heteroatoms. The zero-order valence-corrected chi connectivity index (χ0v) is 12.9. The van der Waals surface area contributed by atoms with Gasteiger partial charge >= 0.3 is 16.3 Å². The highest BCUT2D eigenvalue weighted by molar-refractivity contribution is 7.87. The maximum absolute atomic E-state index is 12.6. The minimum absolute atomic E-state index is 0.0828. The van der Waals surface area contributed by atoms with E-state index in [9.17, 15) is 21.6 Å². The summed E-state index contributed by atoms with van der Waals surface area (Å²) in [6.07, 6.45) is -4.61. The van der Waals surface area contributed by atoms with Crippen molar-refractivity contribution in [1.29, 1.82) is 0 Å². The molecule has 22 heavy (non-hydrogen) atoms. The van der Waals surface area contributed by atoms with Crippen LogP contribution in [-0.4, -0.2) is 18.2 Å². The molecule has 0 N–H and O–H groups in total. The van der Waals surface area contributed by atoms with E-state index in [-0.39, 0.29) is 15.7 Å². The number of rotatable bonds is 3. The molecule has 1 aromatic heterocycles. The molecule has 2 aromatic rings. The van der Waals surface area contributed by atoms with Crippen molar-refractivity contribution in [2.75, 3.05) is 0 Å². The molecule has 0 fully saturated rings. The van der Waals surface area contributed by atoms with Crippen LogP contribution in [0.4, 0.5) is 13.2 Å². The van der Waals surface area contributed by atoms with Gasteiger partial charge in [0.2, 0.25) is 0 Å². The van der Waals surface area contributed by atoms with Crippen molar-refractivity contribution in [3.63, 3.8) is 0 Å². The second kappa shape index (κ2) is 5.47. The lowest BCUT2D eigenvalue weighted by molar-refractivity contribution is -0.137. The fraction of sp³-hybridized carbons (Fsp3) is 0.250. The zero-order valence-electron chi connectivity index (χ0n) is 11.3. The molecule has 0 saturated carbocycles. The van der Waals surface area contributed by atoms with Gasteiger partial charge in [-0.05, 0) is 25.1 Å². The van der Waals surface area contributed by atoms with E-state index < -0.39 is 27.6 Å². The summed E-state index contributed by atoms with van der Waals surface area (Å²) in [5, 5.41) is 3.63. The molecule has 0 bridgehead atoms. The second-order valence-corrected chi connectivity index (χ2v) is 6.23. The largest absolute Gasteiger partial charge is 0.416 e. The first kappa shape index (κ1) is 16.6. The summed E-state index contributed by atoms with van der Waals surface area (Å²) < 4.78 is 68.1. The van der Waals surface area contributed by atoms with Gasteiger partial charge in [-0.2, -0.15) is 26.7 Å². The maximum atomic E-state index is 12.6. The molecule has 0 unspecified atom stereocenters. The van der Waals surface area contributed by atoms with Gasteiger partial charge in [0.15, 0.2) is 4.90 Å². The highest BCUT2D eigenvalue weighted by Crippen LogP contribution is 2.33. The third kappa shape index (κ3) is 3.20. The average molecular weight is 355 g/mol. The Morgan fingerprint density at radius 3 is 2.45 bits per heavy atom. The van der Waals surface area contributed by atoms with Crippen LogP contribution in [0, 0.1) is 6.92 Å². The van der Waals surface area contributed by atoms with Gasteiger partial charge < -0.3 is 4.18 Å². The molecule has 0 aliphatic heterocycles. The standard InChI is InChI=1S/C12H10ClF3N2O3S/c1-7-10(11(13)18(2)17-7)22(19,20)21-9-5-3-4-8(6-9)12(14,15)16/h3-6H,1-2H3. The van der Waals surface area contributed by atoms with Crippen molar-refractivity contribution >= 4 is 21.7 Å². The average Bonchev–Trinajstić information content (AvgIpc) is 2.62. The number of benzene rings is 1. The number of nitrogens with zero attached hydrogens (tertiary/aromatic N) is 2. The Morgan fingerprint density at radius 1 is 1.32 bits per heavy atom. The highest BCUT2D eigenvalue weighted by Gasteiger charge is 2.32. The van der Waals surface area contributed by atoms with Crippen LogP contribution in [0.3, 0.4) is 0 Å². The molecule has 1 heterocycles. The molecule has 0 spiro atoms. The van der Waals surface area contributed by atoms with Crippen LogP contribution >= 0.6 is 11.6 Å². The first-order valence-electron chi connectivity index (χ1n) is 5.83. The van der Waals surface area contributed by atoms with E-state index >= 15 is 0 Å². The minimum atomic E-state index is -4.61. The van der Waals surface area contributed by atoms with E-state index in [1.165, 1.54) is 14.0 Å². The van der Waals surface area contributed by atoms with Crippen molar-refractivity contribution < 1.29 is 25.8 Å². The van der Waals surface area contributed by atoms with E-state index in [2.05, 4.69) is 5.10 Å². The number of aryl methyl sites for hydroxylation is 2. The lowest BCUT2D eigenvalue weighted by atomic mass is 10.2. The van der Waals surface area contributed by atoms with Crippen molar-refractivity contribution in [3.05, 3.63) is 40.7 Å². The van der Waals surface area contributed by atoms with E-state index in [4.69, 9.17) is 15.8 Å². The summed E-state index contributed by atoms with van der Waals surface area (Å²) in [7, 11) is -2.97. The minimum Gasteiger partial charge on any atom is -0.379 e. The molecule has 0 atom stereocenters. The van der Waals surface area contributed by atoms with Crippen molar-refractivity contribution in [2.24, 2.45) is 7.05 Å². The first-order chi connectivity index (χ1) is 10.0. The van der Waals surface area contributed by atoms with Crippen LogP contribution in [0.1, 0.15) is 11.3 Å². The van der Waals surface area contributed by atoms with Gasteiger partial charge in [-0.3, -0.25) is 4.68 Å². The predicted octanol–water partition coefficient (Wildman–Crippen LogP) is 3.17. The lowest BCUT2D eigenvalue weighted by Gasteiger charge is -2.10. The van der Waals surface area contributed by atoms with Gasteiger partial charge in [-0.25, -0.2) is 0 Å². The fourth-order valence-corrected chi connectivity index (χ4v) is 3.43. The topological polar surface area (TPSA) is 61.2 Å². The van der Waals surface area contributed by atoms with Crippen LogP contribution in [0.15, 0.2) is 29.2 Å². The van der Waals surface area contributed by atoms with Gasteiger partial charge in [0.25, 0.3) is 0 Å². The molecular formula is C12H10ClF3N2O3S. The van der Waals surface area contributed by atoms with Crippen LogP contribution in [-0.2, 0) is 23.3 Å². The van der Waals surface area contributed by atoms with Crippen LogP contribution in [0.5, 0.6) is 5.75 Å². The Bertz CT molecular complexity index is 816. The number of hydrogen-bond donors (Lipinski definition) is 0. The summed E-state index contributed by atoms with van der Waals surface area (Å²) >= 11 is 5.83. The Balaban J connectivity index is 2.42. The van der Waals surface area contributed by atoms with Crippen molar-refractivity contribution in [3.8, 4) is 5.75 Å². The smallest absolute Gasteiger partial charge is 0.379 e. The van der Waals surface area contributed by atoms with Crippen LogP contribution in [0.2, 0.25) is 5.15 Å². The van der Waals surface area contributed by atoms with Crippen molar-refractivity contribution in [2.45, 2.75) is 18.0 Å². The lowest BCUT2D eigenvalue weighted by Crippen LogP contribution is -2.12. The van der Waals surface area contributed by atoms with Gasteiger partial charge in [0.1, 0.15) is 10.9 Å². The quantitative estimate of drug-likeness (QED) is 0.794. The monoisotopic (exact) mass is 354 g/mol. The molecule has 1 aromatic carbocycles. The van der Waals surface area contributed by atoms with Gasteiger partial charge in [0, 0.05) is 7.05 Å². The van der Waals surface area contributed by atoms with E-state index in [0.29, 0.717) is 6.07 Å². The van der Waals surface area contributed by atoms with Crippen LogP contribution < -0.4 is 4.18 Å². The summed E-state index contributed by atoms with van der Waals surface area (Å²) in [5.74, 6) is -0.464. The summed E-state index contributed by atoms with van der Waals surface area (Å²) in [5.41, 5.74) is -0.936. The Hall–Kier alpha value is -1.74. The molecule has 0 aliphatic rings. The van der Waals surface area contributed by atoms with Crippen LogP contribution in [0.25, 0.3) is 0 Å². The van der Waals surface area contributed by atoms with E-state index in [1.54, 1.807) is 0 Å². The van der Waals surface area contributed by atoms with Gasteiger partial charge in [-0.1, -0.05) is 17.7 Å². The van der Waals surface area contributed by atoms with E-state index in [0.717, 1.165) is 22.9 Å². The third-order valence-electron chi connectivity index (χ3n) is 2.72. The maximum Gasteiger partial charge on any atom is 0.416 e. The molecule has 0 saturated heterocycles. The predicted molar refractivity (Wildman–Crippen MR) is 72.2 cm³/mol. The first-order valence-corrected chi connectivity index (χ1v) is 7.62. The summed E-state index contributed by atoms with van der Waals surface area (Å²) in [6.45, 7) is 1.40. The van der Waals surface area contributed by atoms with Gasteiger partial charge in [0.05, 0.1) is 11.3 Å². The number of aromatic nitrogens is 2. The number of halogens is 4. The molecule has 0 aliphatic carbocycles. The Kier molecular flexibility index (Phi) is 4.14. The number of alkyl halides is 3. The summed E-state index contributed by atoms with van der Waals surface area (Å²) in [4.78, 5) is -0.380. The molecule has 5 nitrogen and oxygen atoms in total. The molecule has 2 rings (SSSR count). The third-order valence-corrected chi connectivity index (χ3v) is 4.66. The Labute approximate surface area is 129 Å².